The van der Waals surface area contributed by atoms with Gasteiger partial charge in [0.05, 0.1) is 148 Å². The van der Waals surface area contributed by atoms with Crippen LogP contribution in [0.15, 0.2) is 66.7 Å². The highest BCUT2D eigenvalue weighted by Crippen LogP contribution is 2.31. The number of likely N-dealkylation sites (tertiary alicyclic amines) is 1. The van der Waals surface area contributed by atoms with Gasteiger partial charge >= 0.3 is 12.1 Å². The van der Waals surface area contributed by atoms with Crippen molar-refractivity contribution in [1.29, 1.82) is 0 Å². The number of amides is 15. The van der Waals surface area contributed by atoms with Gasteiger partial charge in [0.2, 0.25) is 59.1 Å². The summed E-state index contributed by atoms with van der Waals surface area (Å²) in [4.78, 5) is 196. The molecule has 133 heavy (non-hydrogen) atoms. The summed E-state index contributed by atoms with van der Waals surface area (Å²) < 4.78 is 61.1. The molecule has 2 aliphatic heterocycles. The van der Waals surface area contributed by atoms with Crippen molar-refractivity contribution in [3.05, 3.63) is 77.9 Å². The zero-order chi connectivity index (χ0) is 98.3. The molecule has 13 atom stereocenters. The van der Waals surface area contributed by atoms with Crippen LogP contribution in [0.3, 0.4) is 0 Å². The third-order valence-corrected chi connectivity index (χ3v) is 22.9. The molecule has 0 aromatic heterocycles. The molecule has 2 aromatic rings. The number of nitrogens with one attached hydrogen (secondary N) is 9. The van der Waals surface area contributed by atoms with Gasteiger partial charge in [0.25, 0.3) is 11.8 Å². The lowest BCUT2D eigenvalue weighted by Crippen LogP contribution is -2.60. The first-order chi connectivity index (χ1) is 63.6. The number of unbranched alkanes of at least 4 members (excludes halogenated alkanes) is 2. The van der Waals surface area contributed by atoms with Crippen molar-refractivity contribution < 1.29 is 124 Å². The summed E-state index contributed by atoms with van der Waals surface area (Å²) in [6.07, 6.45) is 1.22. The fraction of sp³-hybridized carbons (Fsp3) is 0.699. The predicted octanol–water partition coefficient (Wildman–Crippen LogP) is 3.73. The molecule has 0 unspecified atom stereocenters. The van der Waals surface area contributed by atoms with E-state index >= 15 is 0 Å². The van der Waals surface area contributed by atoms with Crippen molar-refractivity contribution in [2.75, 3.05) is 173 Å². The van der Waals surface area contributed by atoms with E-state index in [0.717, 1.165) is 9.80 Å². The van der Waals surface area contributed by atoms with Crippen LogP contribution < -0.4 is 53.6 Å². The second-order valence-corrected chi connectivity index (χ2v) is 34.1. The lowest BCUT2D eigenvalue weighted by molar-refractivity contribution is -0.148. The van der Waals surface area contributed by atoms with E-state index in [1.807, 2.05) is 32.0 Å². The largest absolute Gasteiger partial charge is 0.445 e. The molecule has 750 valence electrons. The fourth-order valence-electron chi connectivity index (χ4n) is 15.2. The number of carbonyl (C=O) groups excluding carboxylic acids is 14. The Hall–Kier alpha value is -9.88. The number of methoxy groups -OCH3 is 3. The number of primary amides is 1. The van der Waals surface area contributed by atoms with Crippen molar-refractivity contribution in [1.82, 2.24) is 62.1 Å². The molecule has 0 saturated carbocycles. The molecule has 1 fully saturated rings. The molecule has 1 saturated heterocycles. The Morgan fingerprint density at radius 3 is 1.60 bits per heavy atom. The standard InChI is InChI=1S/C93H152N14O26/c1-16-64(8)83(73(124-14)59-79(113)106-43-24-28-72(106)85(125-15)65(9)86(115)98-66(10)84(114)68-25-19-17-20-26-68)104(11)91(120)81(62(4)5)103-90(119)82(63(6)7)105(12)93(122)133-60-67-29-31-69(32-30-67)99-87(116)70(27-23-40-97-92(94)121)101-89(118)80(61(2)3)102-88(117)71(33-34-74(108)95-39-21-18-22-42-107-77(111)37-38-78(107)112)100-76(110)36-35-75(109)96-41-44-126-47-48-128-51-52-130-55-56-132-58-57-131-54-53-129-50-49-127-46-45-123-13/h17,19-20,25-26,29-32,37-38,61-66,70-73,80-85,114H,16,18,21-24,27-28,33-36,39-60H2,1-15H3,(H,95,108)(H,96,109)(H,98,115)(H,99,116)(H,100,110)(H,101,118)(H,102,117)(H,103,119)(H3,94,97,121)/t64-,65+,66+,70-,71-,72-,73+,80-,81-,82-,83-,84+,85+/m0/s1. The topological polar surface area (TPSA) is 508 Å². The number of hydrogen-bond donors (Lipinski definition) is 11. The van der Waals surface area contributed by atoms with Gasteiger partial charge in [-0.15, -0.1) is 0 Å². The minimum absolute atomic E-state index is 0.0128. The third kappa shape index (κ3) is 43.1. The maximum Gasteiger partial charge on any atom is 0.410 e. The minimum atomic E-state index is -1.42. The van der Waals surface area contributed by atoms with Crippen molar-refractivity contribution in [2.24, 2.45) is 35.3 Å². The number of carbonyl (C=O) groups is 14. The third-order valence-electron chi connectivity index (χ3n) is 22.9. The maximum atomic E-state index is 15.0. The van der Waals surface area contributed by atoms with E-state index in [1.165, 1.54) is 50.5 Å². The Morgan fingerprint density at radius 1 is 0.526 bits per heavy atom. The Kier molecular flexibility index (Phi) is 56.3. The molecule has 2 aliphatic rings. The highest BCUT2D eigenvalue weighted by atomic mass is 16.6. The summed E-state index contributed by atoms with van der Waals surface area (Å²) in [5, 5.41) is 35.6. The van der Waals surface area contributed by atoms with E-state index in [2.05, 4.69) is 47.9 Å². The van der Waals surface area contributed by atoms with Gasteiger partial charge in [-0.25, -0.2) is 9.59 Å². The van der Waals surface area contributed by atoms with Gasteiger partial charge in [-0.2, -0.15) is 0 Å². The summed E-state index contributed by atoms with van der Waals surface area (Å²) in [6.45, 7) is 24.2. The molecule has 12 N–H and O–H groups in total. The Bertz CT molecular complexity index is 3870. The smallest absolute Gasteiger partial charge is 0.410 e. The van der Waals surface area contributed by atoms with Crippen LogP contribution in [0.1, 0.15) is 170 Å². The van der Waals surface area contributed by atoms with E-state index in [1.54, 1.807) is 98.7 Å². The van der Waals surface area contributed by atoms with Crippen LogP contribution in [0.4, 0.5) is 15.3 Å². The zero-order valence-electron chi connectivity index (χ0n) is 80.6. The van der Waals surface area contributed by atoms with Crippen LogP contribution in [0, 0.1) is 29.6 Å². The predicted molar refractivity (Wildman–Crippen MR) is 493 cm³/mol. The number of aliphatic hydroxyl groups is 1. The lowest BCUT2D eigenvalue weighted by atomic mass is 9.89. The van der Waals surface area contributed by atoms with Crippen LogP contribution >= 0.6 is 0 Å². The summed E-state index contributed by atoms with van der Waals surface area (Å²) >= 11 is 0. The first-order valence-corrected chi connectivity index (χ1v) is 46.4. The number of nitrogens with zero attached hydrogens (tertiary/aromatic N) is 4. The van der Waals surface area contributed by atoms with Crippen molar-refractivity contribution >= 4 is 88.7 Å². The summed E-state index contributed by atoms with van der Waals surface area (Å²) in [5.41, 5.74) is 6.70. The van der Waals surface area contributed by atoms with Gasteiger partial charge in [0, 0.05) is 105 Å². The average molecular weight is 1880 g/mol. The molecular formula is C93H152N14O26. The van der Waals surface area contributed by atoms with Crippen LogP contribution in [0.25, 0.3) is 0 Å². The summed E-state index contributed by atoms with van der Waals surface area (Å²) in [6, 6.07) is 6.31. The van der Waals surface area contributed by atoms with Crippen LogP contribution in [-0.4, -0.2) is 336 Å². The molecule has 0 bridgehead atoms. The maximum absolute atomic E-state index is 15.0. The van der Waals surface area contributed by atoms with Crippen molar-refractivity contribution in [2.45, 2.75) is 226 Å². The highest BCUT2D eigenvalue weighted by molar-refractivity contribution is 6.13. The number of urea groups is 1. The number of anilines is 1. The van der Waals surface area contributed by atoms with Gasteiger partial charge < -0.3 is 121 Å². The molecule has 40 nitrogen and oxygen atoms in total. The summed E-state index contributed by atoms with van der Waals surface area (Å²) in [5.74, 6) is -9.06. The van der Waals surface area contributed by atoms with E-state index in [4.69, 9.17) is 57.8 Å². The van der Waals surface area contributed by atoms with E-state index in [9.17, 15) is 72.2 Å². The number of likely N-dealkylation sites (N-methyl/N-ethyl adjacent to an activating group) is 2. The average Bonchev–Trinajstić information content (AvgIpc) is 1.70. The van der Waals surface area contributed by atoms with Gasteiger partial charge in [-0.3, -0.25) is 67.3 Å². The Balaban J connectivity index is 1.35. The normalized spacial score (nSPS) is 15.9. The SMILES string of the molecule is CC[C@H](C)[C@@H]([C@@H](CC(=O)N1CCC[C@H]1[C@H](OC)[C@@H](C)C(=O)N[C@H](C)[C@@H](O)c1ccccc1)OC)N(C)C(=O)[C@@H](NC(=O)[C@H](C(C)C)N(C)C(=O)OCc1ccc(NC(=O)[C@H](CCCNC(N)=O)NC(=O)[C@@H](NC(=O)[C@H](CCC(=O)NCCCCCN2C(=O)C=CC2=O)NC(=O)CCC(=O)NCCOCCOCCOCCOCCOCCOCCOCCOC)C(C)C)cc1)C(C)C. The molecular weight excluding hydrogens is 1730 g/mol. The molecule has 0 spiro atoms. The lowest BCUT2D eigenvalue weighted by Gasteiger charge is -2.41. The highest BCUT2D eigenvalue weighted by Gasteiger charge is 2.45. The number of ether oxygens (including phenoxy) is 11. The zero-order valence-corrected chi connectivity index (χ0v) is 80.6. The molecule has 2 aromatic carbocycles. The second kappa shape index (κ2) is 64.9. The van der Waals surface area contributed by atoms with Crippen molar-refractivity contribution in [3.8, 4) is 0 Å². The number of rotatable bonds is 70. The van der Waals surface area contributed by atoms with Gasteiger partial charge in [-0.05, 0) is 105 Å². The monoisotopic (exact) mass is 1880 g/mol. The van der Waals surface area contributed by atoms with Crippen LogP contribution in [-0.2, 0) is 116 Å². The van der Waals surface area contributed by atoms with E-state index in [0.29, 0.717) is 135 Å². The quantitative estimate of drug-likeness (QED) is 0.0332. The molecule has 15 amide bonds. The number of imide groups is 1. The number of aliphatic hydroxyl groups excluding tert-OH is 1. The number of hydrogen-bond acceptors (Lipinski definition) is 26. The fourth-order valence-corrected chi connectivity index (χ4v) is 15.2. The van der Waals surface area contributed by atoms with Crippen LogP contribution in [0.5, 0.6) is 0 Å². The Morgan fingerprint density at radius 2 is 1.06 bits per heavy atom. The van der Waals surface area contributed by atoms with Gasteiger partial charge in [0.15, 0.2) is 0 Å². The minimum Gasteiger partial charge on any atom is -0.445 e. The second-order valence-electron chi connectivity index (χ2n) is 34.1. The van der Waals surface area contributed by atoms with Crippen LogP contribution in [0.2, 0.25) is 0 Å². The first kappa shape index (κ1) is 115. The molecule has 40 heteroatoms. The van der Waals surface area contributed by atoms with E-state index in [-0.39, 0.29) is 121 Å². The Labute approximate surface area is 783 Å². The molecule has 0 radical (unpaired) electrons. The van der Waals surface area contributed by atoms with Gasteiger partial charge in [-0.1, -0.05) is 111 Å². The van der Waals surface area contributed by atoms with E-state index < -0.39 is 162 Å². The summed E-state index contributed by atoms with van der Waals surface area (Å²) in [7, 11) is 7.63. The first-order valence-electron chi connectivity index (χ1n) is 46.4. The number of nitrogens with two attached hydrogens (primary N) is 1. The molecule has 0 aliphatic carbocycles. The van der Waals surface area contributed by atoms with Gasteiger partial charge in [0.1, 0.15) is 36.8 Å². The molecule has 4 rings (SSSR count). The number of benzene rings is 2. The molecule has 2 heterocycles. The van der Waals surface area contributed by atoms with Crippen molar-refractivity contribution in [3.63, 3.8) is 0 Å².